The van der Waals surface area contributed by atoms with E-state index in [2.05, 4.69) is 22.2 Å². The van der Waals surface area contributed by atoms with E-state index in [9.17, 15) is 4.79 Å². The molecule has 4 heteroatoms. The fourth-order valence-electron chi connectivity index (χ4n) is 3.97. The number of hydrogen-bond donors (Lipinski definition) is 1. The summed E-state index contributed by atoms with van der Waals surface area (Å²) >= 11 is 0. The summed E-state index contributed by atoms with van der Waals surface area (Å²) < 4.78 is 0. The normalized spacial score (nSPS) is 36.9. The third kappa shape index (κ3) is 2.79. The summed E-state index contributed by atoms with van der Waals surface area (Å²) in [6, 6.07) is 1.40. The highest BCUT2D eigenvalue weighted by Crippen LogP contribution is 2.28. The van der Waals surface area contributed by atoms with Gasteiger partial charge in [-0.1, -0.05) is 12.8 Å². The predicted octanol–water partition coefficient (Wildman–Crippen LogP) is 1.21. The molecule has 3 heterocycles. The van der Waals surface area contributed by atoms with Gasteiger partial charge in [0.2, 0.25) is 5.91 Å². The highest BCUT2D eigenvalue weighted by Gasteiger charge is 2.37. The Kier molecular flexibility index (Phi) is 4.08. The van der Waals surface area contributed by atoms with Crippen LogP contribution in [-0.4, -0.2) is 60.5 Å². The van der Waals surface area contributed by atoms with Crippen LogP contribution in [0, 0.1) is 0 Å². The molecule has 108 valence electrons. The first-order chi connectivity index (χ1) is 9.25. The zero-order valence-corrected chi connectivity index (χ0v) is 12.1. The van der Waals surface area contributed by atoms with E-state index in [0.717, 1.165) is 32.5 Å². The molecule has 2 bridgehead atoms. The zero-order chi connectivity index (χ0) is 13.2. The molecular weight excluding hydrogens is 238 g/mol. The van der Waals surface area contributed by atoms with Gasteiger partial charge >= 0.3 is 0 Å². The van der Waals surface area contributed by atoms with Crippen LogP contribution in [0.1, 0.15) is 44.9 Å². The Bertz CT molecular complexity index is 325. The first-order valence-electron chi connectivity index (χ1n) is 8.00. The third-order valence-corrected chi connectivity index (χ3v) is 5.32. The second kappa shape index (κ2) is 5.80. The van der Waals surface area contributed by atoms with E-state index in [1.54, 1.807) is 0 Å². The van der Waals surface area contributed by atoms with Crippen molar-refractivity contribution in [1.29, 1.82) is 0 Å². The molecule has 3 aliphatic heterocycles. The highest BCUT2D eigenvalue weighted by molar-refractivity contribution is 5.82. The Hall–Kier alpha value is -0.610. The lowest BCUT2D eigenvalue weighted by molar-refractivity contribution is -0.133. The first-order valence-corrected chi connectivity index (χ1v) is 8.00. The topological polar surface area (TPSA) is 35.6 Å². The summed E-state index contributed by atoms with van der Waals surface area (Å²) in [5, 5.41) is 3.45. The number of hydrogen-bond acceptors (Lipinski definition) is 3. The largest absolute Gasteiger partial charge is 0.340 e. The molecule has 0 spiro atoms. The van der Waals surface area contributed by atoms with Gasteiger partial charge in [0.05, 0.1) is 6.04 Å². The Morgan fingerprint density at radius 2 is 1.89 bits per heavy atom. The van der Waals surface area contributed by atoms with Crippen molar-refractivity contribution in [2.45, 2.75) is 63.1 Å². The number of carbonyl (C=O) groups excluding carboxylic acids is 1. The second-order valence-corrected chi connectivity index (χ2v) is 6.48. The number of amides is 1. The molecule has 3 unspecified atom stereocenters. The van der Waals surface area contributed by atoms with Crippen LogP contribution in [0.25, 0.3) is 0 Å². The van der Waals surface area contributed by atoms with E-state index in [1.165, 1.54) is 32.1 Å². The molecular formula is C15H27N3O. The number of fused-ring (bicyclic) bond motifs is 2. The van der Waals surface area contributed by atoms with Crippen molar-refractivity contribution >= 4 is 5.91 Å². The number of likely N-dealkylation sites (N-methyl/N-ethyl adjacent to an activating group) is 1. The van der Waals surface area contributed by atoms with Gasteiger partial charge < -0.3 is 10.2 Å². The van der Waals surface area contributed by atoms with Gasteiger partial charge in [0, 0.05) is 25.2 Å². The standard InChI is InChI=1S/C15H27N3O/c1-17-12-6-7-13(17)11-18(10-8-12)15(19)14-5-3-2-4-9-16-14/h12-14,16H,2-11H2,1H3. The molecule has 3 rings (SSSR count). The summed E-state index contributed by atoms with van der Waals surface area (Å²) in [4.78, 5) is 17.3. The van der Waals surface area contributed by atoms with Crippen molar-refractivity contribution in [3.05, 3.63) is 0 Å². The molecule has 0 aromatic rings. The number of likely N-dealkylation sites (tertiary alicyclic amines) is 1. The summed E-state index contributed by atoms with van der Waals surface area (Å²) in [5.74, 6) is 0.364. The van der Waals surface area contributed by atoms with E-state index in [-0.39, 0.29) is 6.04 Å². The van der Waals surface area contributed by atoms with Gasteiger partial charge in [-0.2, -0.15) is 0 Å². The molecule has 1 amide bonds. The average molecular weight is 265 g/mol. The fourth-order valence-corrected chi connectivity index (χ4v) is 3.97. The molecule has 3 saturated heterocycles. The van der Waals surface area contributed by atoms with Crippen LogP contribution < -0.4 is 5.32 Å². The molecule has 3 aliphatic rings. The van der Waals surface area contributed by atoms with Gasteiger partial charge in [0.25, 0.3) is 0 Å². The SMILES string of the molecule is CN1C2CCC1CN(C(=O)C1CCCCCN1)CC2. The molecule has 0 aromatic heterocycles. The molecule has 0 saturated carbocycles. The Labute approximate surface area is 116 Å². The number of rotatable bonds is 1. The molecule has 3 fully saturated rings. The lowest BCUT2D eigenvalue weighted by atomic mass is 10.1. The maximum Gasteiger partial charge on any atom is 0.239 e. The lowest BCUT2D eigenvalue weighted by Crippen LogP contribution is -2.49. The van der Waals surface area contributed by atoms with Gasteiger partial charge in [0.15, 0.2) is 0 Å². The predicted molar refractivity (Wildman–Crippen MR) is 76.0 cm³/mol. The van der Waals surface area contributed by atoms with Crippen molar-refractivity contribution in [3.63, 3.8) is 0 Å². The molecule has 4 nitrogen and oxygen atoms in total. The van der Waals surface area contributed by atoms with Crippen LogP contribution in [-0.2, 0) is 4.79 Å². The van der Waals surface area contributed by atoms with E-state index < -0.39 is 0 Å². The van der Waals surface area contributed by atoms with Crippen molar-refractivity contribution < 1.29 is 4.79 Å². The van der Waals surface area contributed by atoms with Crippen LogP contribution in [0.5, 0.6) is 0 Å². The molecule has 0 radical (unpaired) electrons. The van der Waals surface area contributed by atoms with Crippen molar-refractivity contribution in [1.82, 2.24) is 15.1 Å². The summed E-state index contributed by atoms with van der Waals surface area (Å²) in [7, 11) is 2.24. The summed E-state index contributed by atoms with van der Waals surface area (Å²) in [5.41, 5.74) is 0. The minimum absolute atomic E-state index is 0.0874. The maximum atomic E-state index is 12.7. The number of carbonyl (C=O) groups is 1. The highest BCUT2D eigenvalue weighted by atomic mass is 16.2. The van der Waals surface area contributed by atoms with Gasteiger partial charge in [-0.15, -0.1) is 0 Å². The lowest BCUT2D eigenvalue weighted by Gasteiger charge is -2.29. The van der Waals surface area contributed by atoms with Gasteiger partial charge in [0.1, 0.15) is 0 Å². The molecule has 1 N–H and O–H groups in total. The van der Waals surface area contributed by atoms with E-state index >= 15 is 0 Å². The minimum atomic E-state index is 0.0874. The van der Waals surface area contributed by atoms with Crippen LogP contribution >= 0.6 is 0 Å². The van der Waals surface area contributed by atoms with Crippen LogP contribution in [0.15, 0.2) is 0 Å². The third-order valence-electron chi connectivity index (χ3n) is 5.32. The van der Waals surface area contributed by atoms with Crippen LogP contribution in [0.3, 0.4) is 0 Å². The Morgan fingerprint density at radius 1 is 1.05 bits per heavy atom. The fraction of sp³-hybridized carbons (Fsp3) is 0.933. The second-order valence-electron chi connectivity index (χ2n) is 6.48. The maximum absolute atomic E-state index is 12.7. The van der Waals surface area contributed by atoms with Gasteiger partial charge in [-0.25, -0.2) is 0 Å². The average Bonchev–Trinajstić information content (AvgIpc) is 2.62. The van der Waals surface area contributed by atoms with Gasteiger partial charge in [-0.3, -0.25) is 9.69 Å². The van der Waals surface area contributed by atoms with Crippen molar-refractivity contribution in [3.8, 4) is 0 Å². The smallest absolute Gasteiger partial charge is 0.239 e. The molecule has 19 heavy (non-hydrogen) atoms. The van der Waals surface area contributed by atoms with Crippen LogP contribution in [0.2, 0.25) is 0 Å². The quantitative estimate of drug-likeness (QED) is 0.774. The van der Waals surface area contributed by atoms with Gasteiger partial charge in [-0.05, 0) is 45.7 Å². The monoisotopic (exact) mass is 265 g/mol. The van der Waals surface area contributed by atoms with Crippen molar-refractivity contribution in [2.75, 3.05) is 26.7 Å². The number of nitrogens with one attached hydrogen (secondary N) is 1. The minimum Gasteiger partial charge on any atom is -0.340 e. The van der Waals surface area contributed by atoms with Crippen LogP contribution in [0.4, 0.5) is 0 Å². The first kappa shape index (κ1) is 13.4. The molecule has 0 aliphatic carbocycles. The van der Waals surface area contributed by atoms with E-state index in [1.807, 2.05) is 0 Å². The molecule has 3 atom stereocenters. The zero-order valence-electron chi connectivity index (χ0n) is 12.1. The van der Waals surface area contributed by atoms with Crippen molar-refractivity contribution in [2.24, 2.45) is 0 Å². The summed E-state index contributed by atoms with van der Waals surface area (Å²) in [6.07, 6.45) is 8.46. The Morgan fingerprint density at radius 3 is 2.79 bits per heavy atom. The molecule has 0 aromatic carbocycles. The van der Waals surface area contributed by atoms with E-state index in [4.69, 9.17) is 0 Å². The summed E-state index contributed by atoms with van der Waals surface area (Å²) in [6.45, 7) is 2.92. The number of nitrogens with zero attached hydrogens (tertiary/aromatic N) is 2. The van der Waals surface area contributed by atoms with E-state index in [0.29, 0.717) is 18.0 Å². The Balaban J connectivity index is 1.63.